The van der Waals surface area contributed by atoms with E-state index in [2.05, 4.69) is 55.4 Å². The Morgan fingerprint density at radius 2 is 1.45 bits per heavy atom. The quantitative estimate of drug-likeness (QED) is 0.253. The molecule has 0 saturated carbocycles. The van der Waals surface area contributed by atoms with E-state index in [1.54, 1.807) is 38.1 Å². The molecule has 0 heterocycles. The van der Waals surface area contributed by atoms with Crippen molar-refractivity contribution in [3.05, 3.63) is 70.8 Å². The fourth-order valence-electron chi connectivity index (χ4n) is 3.01. The van der Waals surface area contributed by atoms with Gasteiger partial charge in [-0.2, -0.15) is 0 Å². The molecule has 0 spiro atoms. The highest BCUT2D eigenvalue weighted by molar-refractivity contribution is 5.97. The second kappa shape index (κ2) is 11.1. The number of nitrogens with two attached hydrogens (primary N) is 1. The minimum absolute atomic E-state index is 0.248. The number of hydroxylamine groups is 1. The summed E-state index contributed by atoms with van der Waals surface area (Å²) in [6.07, 6.45) is 0. The molecule has 2 aromatic rings. The Balaban J connectivity index is 1.99. The van der Waals surface area contributed by atoms with E-state index in [0.717, 1.165) is 24.2 Å². The predicted octanol–water partition coefficient (Wildman–Crippen LogP) is 2.56. The lowest BCUT2D eigenvalue weighted by Crippen LogP contribution is -2.61. The Morgan fingerprint density at radius 1 is 0.939 bits per heavy atom. The number of hydrogen-bond acceptors (Lipinski definition) is 5. The minimum atomic E-state index is -1.10. The van der Waals surface area contributed by atoms with Gasteiger partial charge < -0.3 is 16.4 Å². The number of rotatable bonds is 7. The Morgan fingerprint density at radius 3 is 1.91 bits per heavy atom. The van der Waals surface area contributed by atoms with Gasteiger partial charge in [0.05, 0.1) is 0 Å². The molecule has 0 radical (unpaired) electrons. The normalized spacial score (nSPS) is 12.3. The van der Waals surface area contributed by atoms with Gasteiger partial charge in [-0.25, -0.2) is 5.48 Å². The van der Waals surface area contributed by atoms with Gasteiger partial charge in [-0.3, -0.25) is 14.8 Å². The highest BCUT2D eigenvalue weighted by atomic mass is 16.5. The summed E-state index contributed by atoms with van der Waals surface area (Å²) in [4.78, 5) is 24.3. The van der Waals surface area contributed by atoms with Crippen LogP contribution in [0.4, 0.5) is 0 Å². The van der Waals surface area contributed by atoms with Gasteiger partial charge in [0.2, 0.25) is 0 Å². The molecule has 0 aliphatic carbocycles. The van der Waals surface area contributed by atoms with Crippen LogP contribution in [0.25, 0.3) is 0 Å². The van der Waals surface area contributed by atoms with E-state index in [1.165, 1.54) is 11.0 Å². The van der Waals surface area contributed by atoms with Crippen molar-refractivity contribution in [3.8, 4) is 11.8 Å². The van der Waals surface area contributed by atoms with Gasteiger partial charge in [-0.1, -0.05) is 44.7 Å². The summed E-state index contributed by atoms with van der Waals surface area (Å²) in [5.74, 6) is 4.95. The summed E-state index contributed by atoms with van der Waals surface area (Å²) in [7, 11) is 0. The molecule has 0 fully saturated rings. The zero-order chi connectivity index (χ0) is 24.6. The molecular formula is C26H34N4O3. The topological polar surface area (TPSA) is 116 Å². The van der Waals surface area contributed by atoms with Crippen LogP contribution in [-0.2, 0) is 11.3 Å². The third-order valence-electron chi connectivity index (χ3n) is 4.83. The Hall–Kier alpha value is -3.18. The fourth-order valence-corrected chi connectivity index (χ4v) is 3.01. The molecule has 2 rings (SSSR count). The van der Waals surface area contributed by atoms with Crippen molar-refractivity contribution < 1.29 is 14.8 Å². The average Bonchev–Trinajstić information content (AvgIpc) is 2.75. The number of benzene rings is 2. The first kappa shape index (κ1) is 26.1. The van der Waals surface area contributed by atoms with Crippen molar-refractivity contribution in [2.24, 2.45) is 11.1 Å². The molecule has 0 saturated heterocycles. The molecule has 176 valence electrons. The number of amides is 2. The third kappa shape index (κ3) is 8.70. The largest absolute Gasteiger partial charge is 0.338 e. The Kier molecular flexibility index (Phi) is 8.77. The molecule has 0 aliphatic heterocycles. The summed E-state index contributed by atoms with van der Waals surface area (Å²) in [6.45, 7) is 11.5. The van der Waals surface area contributed by atoms with Crippen LogP contribution < -0.4 is 21.8 Å². The highest BCUT2D eigenvalue weighted by Crippen LogP contribution is 2.12. The molecule has 0 unspecified atom stereocenters. The summed E-state index contributed by atoms with van der Waals surface area (Å²) in [5, 5.41) is 14.9. The van der Waals surface area contributed by atoms with Crippen molar-refractivity contribution in [3.63, 3.8) is 0 Å². The fraction of sp³-hybridized carbons (Fsp3) is 0.385. The van der Waals surface area contributed by atoms with E-state index in [0.29, 0.717) is 5.56 Å². The van der Waals surface area contributed by atoms with Crippen LogP contribution in [-0.4, -0.2) is 35.1 Å². The zero-order valence-corrected chi connectivity index (χ0v) is 20.0. The molecule has 6 N–H and O–H groups in total. The minimum Gasteiger partial charge on any atom is -0.338 e. The van der Waals surface area contributed by atoms with Gasteiger partial charge >= 0.3 is 0 Å². The van der Waals surface area contributed by atoms with Gasteiger partial charge in [0, 0.05) is 35.3 Å². The molecule has 1 atom stereocenters. The maximum absolute atomic E-state index is 12.5. The van der Waals surface area contributed by atoms with Crippen LogP contribution in [0.5, 0.6) is 0 Å². The van der Waals surface area contributed by atoms with E-state index >= 15 is 0 Å². The smallest absolute Gasteiger partial charge is 0.267 e. The van der Waals surface area contributed by atoms with Crippen LogP contribution >= 0.6 is 0 Å². The Labute approximate surface area is 196 Å². The van der Waals surface area contributed by atoms with Gasteiger partial charge in [0.1, 0.15) is 6.04 Å². The summed E-state index contributed by atoms with van der Waals surface area (Å²) < 4.78 is 0. The average molecular weight is 451 g/mol. The van der Waals surface area contributed by atoms with Crippen LogP contribution in [0, 0.1) is 17.3 Å². The lowest BCUT2D eigenvalue weighted by molar-refractivity contribution is -0.132. The summed E-state index contributed by atoms with van der Waals surface area (Å²) in [5.41, 5.74) is 9.88. The molecule has 2 amide bonds. The molecule has 7 nitrogen and oxygen atoms in total. The number of carbonyl (C=O) groups is 2. The standard InChI is InChI=1S/C26H34N4O3/c1-25(2,3)17-28-16-20-10-8-18(9-11-20)6-7-19-12-14-21(15-13-19)23(31)29-22(24(32)30-33)26(4,5)27/h8-15,22,28,33H,16-17,27H2,1-5H3,(H,29,31)(H,30,32)/t22-/m1/s1. The lowest BCUT2D eigenvalue weighted by Gasteiger charge is -2.29. The first-order chi connectivity index (χ1) is 15.4. The number of nitrogens with one attached hydrogen (secondary N) is 3. The van der Waals surface area contributed by atoms with Gasteiger partial charge in [0.15, 0.2) is 0 Å². The first-order valence-corrected chi connectivity index (χ1v) is 10.8. The molecular weight excluding hydrogens is 416 g/mol. The predicted molar refractivity (Wildman–Crippen MR) is 129 cm³/mol. The first-order valence-electron chi connectivity index (χ1n) is 10.8. The van der Waals surface area contributed by atoms with Crippen LogP contribution in [0.15, 0.2) is 48.5 Å². The van der Waals surface area contributed by atoms with Crippen molar-refractivity contribution in [2.75, 3.05) is 6.54 Å². The monoisotopic (exact) mass is 450 g/mol. The van der Waals surface area contributed by atoms with E-state index in [1.807, 2.05) is 12.1 Å². The van der Waals surface area contributed by atoms with E-state index in [4.69, 9.17) is 10.9 Å². The molecule has 0 aromatic heterocycles. The van der Waals surface area contributed by atoms with Gasteiger partial charge in [-0.15, -0.1) is 0 Å². The second-order valence-corrected chi connectivity index (χ2v) is 9.89. The lowest BCUT2D eigenvalue weighted by atomic mass is 9.95. The molecule has 2 aromatic carbocycles. The zero-order valence-electron chi connectivity index (χ0n) is 20.0. The van der Waals surface area contributed by atoms with Crippen LogP contribution in [0.1, 0.15) is 61.7 Å². The SMILES string of the molecule is CC(C)(C)CNCc1ccc(C#Cc2ccc(C(=O)N[C@H](C(=O)NO)C(C)(C)N)cc2)cc1. The maximum Gasteiger partial charge on any atom is 0.267 e. The van der Waals surface area contributed by atoms with Crippen molar-refractivity contribution in [1.29, 1.82) is 0 Å². The van der Waals surface area contributed by atoms with Crippen LogP contribution in [0.3, 0.4) is 0 Å². The maximum atomic E-state index is 12.5. The third-order valence-corrected chi connectivity index (χ3v) is 4.83. The van der Waals surface area contributed by atoms with Gasteiger partial charge in [-0.05, 0) is 61.2 Å². The van der Waals surface area contributed by atoms with E-state index < -0.39 is 23.4 Å². The van der Waals surface area contributed by atoms with Crippen molar-refractivity contribution >= 4 is 11.8 Å². The van der Waals surface area contributed by atoms with E-state index in [-0.39, 0.29) is 5.41 Å². The van der Waals surface area contributed by atoms with Crippen molar-refractivity contribution in [2.45, 2.75) is 52.7 Å². The summed E-state index contributed by atoms with van der Waals surface area (Å²) >= 11 is 0. The molecule has 7 heteroatoms. The molecule has 33 heavy (non-hydrogen) atoms. The highest BCUT2D eigenvalue weighted by Gasteiger charge is 2.33. The Bertz CT molecular complexity index is 1010. The number of hydrogen-bond donors (Lipinski definition) is 5. The van der Waals surface area contributed by atoms with E-state index in [9.17, 15) is 9.59 Å². The van der Waals surface area contributed by atoms with Crippen LogP contribution in [0.2, 0.25) is 0 Å². The van der Waals surface area contributed by atoms with Crippen molar-refractivity contribution in [1.82, 2.24) is 16.1 Å². The molecule has 0 aliphatic rings. The molecule has 0 bridgehead atoms. The number of carbonyl (C=O) groups excluding carboxylic acids is 2. The second-order valence-electron chi connectivity index (χ2n) is 9.89. The van der Waals surface area contributed by atoms with Gasteiger partial charge in [0.25, 0.3) is 11.8 Å². The summed E-state index contributed by atoms with van der Waals surface area (Å²) in [6, 6.07) is 13.7.